The van der Waals surface area contributed by atoms with Crippen molar-refractivity contribution in [2.75, 3.05) is 27.8 Å². The Morgan fingerprint density at radius 2 is 1.96 bits per heavy atom. The van der Waals surface area contributed by atoms with Crippen molar-refractivity contribution < 1.29 is 22.7 Å². The number of ether oxygens (including phenoxy) is 2. The molecule has 0 aliphatic carbocycles. The minimum atomic E-state index is -3.75. The zero-order valence-corrected chi connectivity index (χ0v) is 16.2. The van der Waals surface area contributed by atoms with Gasteiger partial charge in [-0.25, -0.2) is 12.7 Å². The monoisotopic (exact) mass is 390 g/mol. The first-order valence-corrected chi connectivity index (χ1v) is 9.91. The smallest absolute Gasteiger partial charge is 0.251 e. The highest BCUT2D eigenvalue weighted by Crippen LogP contribution is 2.32. The summed E-state index contributed by atoms with van der Waals surface area (Å²) in [5.41, 5.74) is 1.16. The Kier molecular flexibility index (Phi) is 5.38. The van der Waals surface area contributed by atoms with E-state index in [9.17, 15) is 13.2 Å². The molecule has 8 heteroatoms. The lowest BCUT2D eigenvalue weighted by Gasteiger charge is -2.26. The molecule has 0 aromatic heterocycles. The molecule has 2 aromatic rings. The SMILES string of the molecule is COc1ccc(C(=O)NC2CCOc3ccccc32)cc1S(=O)(=O)N(C)C. The third-order valence-corrected chi connectivity index (χ3v) is 6.28. The summed E-state index contributed by atoms with van der Waals surface area (Å²) in [6.07, 6.45) is 0.641. The van der Waals surface area contributed by atoms with Crippen LogP contribution >= 0.6 is 0 Å². The molecule has 1 heterocycles. The molecule has 0 saturated heterocycles. The van der Waals surface area contributed by atoms with Crippen LogP contribution in [0.5, 0.6) is 11.5 Å². The number of para-hydroxylation sites is 1. The van der Waals surface area contributed by atoms with Crippen LogP contribution in [-0.2, 0) is 10.0 Å². The summed E-state index contributed by atoms with van der Waals surface area (Å²) in [7, 11) is 0.505. The van der Waals surface area contributed by atoms with E-state index in [0.717, 1.165) is 15.6 Å². The molecule has 1 amide bonds. The number of carbonyl (C=O) groups is 1. The number of nitrogens with zero attached hydrogens (tertiary/aromatic N) is 1. The molecule has 2 aromatic carbocycles. The van der Waals surface area contributed by atoms with Gasteiger partial charge in [0.1, 0.15) is 16.4 Å². The molecule has 144 valence electrons. The predicted octanol–water partition coefficient (Wildman–Crippen LogP) is 2.20. The molecule has 0 fully saturated rings. The highest BCUT2D eigenvalue weighted by atomic mass is 32.2. The van der Waals surface area contributed by atoms with Gasteiger partial charge in [0.25, 0.3) is 5.91 Å². The van der Waals surface area contributed by atoms with Crippen LogP contribution in [0.4, 0.5) is 0 Å². The molecule has 1 N–H and O–H groups in total. The summed E-state index contributed by atoms with van der Waals surface area (Å²) >= 11 is 0. The molecule has 0 radical (unpaired) electrons. The number of amides is 1. The van der Waals surface area contributed by atoms with Crippen molar-refractivity contribution in [1.29, 1.82) is 0 Å². The number of sulfonamides is 1. The second-order valence-corrected chi connectivity index (χ2v) is 8.47. The summed E-state index contributed by atoms with van der Waals surface area (Å²) in [6.45, 7) is 0.505. The van der Waals surface area contributed by atoms with Gasteiger partial charge in [-0.3, -0.25) is 4.79 Å². The van der Waals surface area contributed by atoms with Crippen molar-refractivity contribution in [2.45, 2.75) is 17.4 Å². The summed E-state index contributed by atoms with van der Waals surface area (Å²) in [6, 6.07) is 11.7. The van der Waals surface area contributed by atoms with Gasteiger partial charge >= 0.3 is 0 Å². The van der Waals surface area contributed by atoms with Crippen LogP contribution in [0, 0.1) is 0 Å². The van der Waals surface area contributed by atoms with Gasteiger partial charge in [-0.1, -0.05) is 18.2 Å². The molecule has 1 unspecified atom stereocenters. The molecular formula is C19H22N2O5S. The van der Waals surface area contributed by atoms with E-state index in [-0.39, 0.29) is 28.2 Å². The molecule has 1 atom stereocenters. The van der Waals surface area contributed by atoms with Crippen molar-refractivity contribution in [2.24, 2.45) is 0 Å². The quantitative estimate of drug-likeness (QED) is 0.846. The van der Waals surface area contributed by atoms with Gasteiger partial charge in [0.05, 0.1) is 19.8 Å². The van der Waals surface area contributed by atoms with E-state index in [4.69, 9.17) is 9.47 Å². The number of nitrogens with one attached hydrogen (secondary N) is 1. The Labute approximate surface area is 158 Å². The Hall–Kier alpha value is -2.58. The summed E-state index contributed by atoms with van der Waals surface area (Å²) in [5.74, 6) is 0.589. The lowest BCUT2D eigenvalue weighted by Crippen LogP contribution is -2.32. The van der Waals surface area contributed by atoms with Crippen LogP contribution in [-0.4, -0.2) is 46.4 Å². The molecule has 0 spiro atoms. The molecule has 1 aliphatic rings. The average Bonchev–Trinajstić information content (AvgIpc) is 2.67. The van der Waals surface area contributed by atoms with E-state index in [0.29, 0.717) is 13.0 Å². The van der Waals surface area contributed by atoms with E-state index in [1.54, 1.807) is 6.07 Å². The summed E-state index contributed by atoms with van der Waals surface area (Å²) in [4.78, 5) is 12.7. The first-order chi connectivity index (χ1) is 12.8. The topological polar surface area (TPSA) is 84.9 Å². The maximum absolute atomic E-state index is 12.8. The lowest BCUT2D eigenvalue weighted by molar-refractivity contribution is 0.0924. The Balaban J connectivity index is 1.90. The van der Waals surface area contributed by atoms with Crippen molar-refractivity contribution in [3.63, 3.8) is 0 Å². The van der Waals surface area contributed by atoms with E-state index >= 15 is 0 Å². The third kappa shape index (κ3) is 3.77. The lowest BCUT2D eigenvalue weighted by atomic mass is 10.00. The highest BCUT2D eigenvalue weighted by Gasteiger charge is 2.26. The van der Waals surface area contributed by atoms with Gasteiger partial charge < -0.3 is 14.8 Å². The van der Waals surface area contributed by atoms with Crippen LogP contribution < -0.4 is 14.8 Å². The Morgan fingerprint density at radius 3 is 2.67 bits per heavy atom. The van der Waals surface area contributed by atoms with Crippen LogP contribution in [0.1, 0.15) is 28.4 Å². The second kappa shape index (κ2) is 7.58. The van der Waals surface area contributed by atoms with Crippen LogP contribution in [0.25, 0.3) is 0 Å². The number of rotatable bonds is 5. The highest BCUT2D eigenvalue weighted by molar-refractivity contribution is 7.89. The van der Waals surface area contributed by atoms with Crippen LogP contribution in [0.3, 0.4) is 0 Å². The first kappa shape index (κ1) is 19.2. The molecular weight excluding hydrogens is 368 g/mol. The van der Waals surface area contributed by atoms with Crippen molar-refractivity contribution in [3.05, 3.63) is 53.6 Å². The standard InChI is InChI=1S/C19H22N2O5S/c1-21(2)27(23,24)18-12-13(8-9-17(18)25-3)19(22)20-15-10-11-26-16-7-5-4-6-14(15)16/h4-9,12,15H,10-11H2,1-3H3,(H,20,22). The summed E-state index contributed by atoms with van der Waals surface area (Å²) < 4.78 is 36.9. The average molecular weight is 390 g/mol. The van der Waals surface area contributed by atoms with E-state index in [1.807, 2.05) is 24.3 Å². The number of carbonyl (C=O) groups excluding carboxylic acids is 1. The van der Waals surface area contributed by atoms with Gasteiger partial charge in [-0.05, 0) is 24.3 Å². The van der Waals surface area contributed by atoms with Crippen molar-refractivity contribution >= 4 is 15.9 Å². The predicted molar refractivity (Wildman–Crippen MR) is 101 cm³/mol. The van der Waals surface area contributed by atoms with E-state index < -0.39 is 10.0 Å². The van der Waals surface area contributed by atoms with E-state index in [2.05, 4.69) is 5.32 Å². The molecule has 27 heavy (non-hydrogen) atoms. The van der Waals surface area contributed by atoms with E-state index in [1.165, 1.54) is 33.3 Å². The van der Waals surface area contributed by atoms with Crippen LogP contribution in [0.2, 0.25) is 0 Å². The van der Waals surface area contributed by atoms with Gasteiger partial charge in [0.2, 0.25) is 10.0 Å². The number of benzene rings is 2. The molecule has 0 saturated carbocycles. The fraction of sp³-hybridized carbons (Fsp3) is 0.316. The number of hydrogen-bond acceptors (Lipinski definition) is 5. The summed E-state index contributed by atoms with van der Waals surface area (Å²) in [5, 5.41) is 2.97. The van der Waals surface area contributed by atoms with Gasteiger partial charge in [0.15, 0.2) is 0 Å². The fourth-order valence-electron chi connectivity index (χ4n) is 2.95. The third-order valence-electron chi connectivity index (χ3n) is 4.45. The number of hydrogen-bond donors (Lipinski definition) is 1. The van der Waals surface area contributed by atoms with Gasteiger partial charge in [-0.2, -0.15) is 0 Å². The van der Waals surface area contributed by atoms with Gasteiger partial charge in [0, 0.05) is 31.6 Å². The molecule has 3 rings (SSSR count). The van der Waals surface area contributed by atoms with Crippen LogP contribution in [0.15, 0.2) is 47.4 Å². The zero-order chi connectivity index (χ0) is 19.6. The molecule has 0 bridgehead atoms. The Morgan fingerprint density at radius 1 is 1.22 bits per heavy atom. The minimum Gasteiger partial charge on any atom is -0.495 e. The molecule has 1 aliphatic heterocycles. The largest absolute Gasteiger partial charge is 0.495 e. The maximum atomic E-state index is 12.8. The zero-order valence-electron chi connectivity index (χ0n) is 15.4. The Bertz CT molecular complexity index is 956. The van der Waals surface area contributed by atoms with Gasteiger partial charge in [-0.15, -0.1) is 0 Å². The van der Waals surface area contributed by atoms with Crippen molar-refractivity contribution in [1.82, 2.24) is 9.62 Å². The normalized spacial score (nSPS) is 16.4. The first-order valence-electron chi connectivity index (χ1n) is 8.47. The fourth-order valence-corrected chi connectivity index (χ4v) is 4.02. The second-order valence-electron chi connectivity index (χ2n) is 6.35. The van der Waals surface area contributed by atoms with Crippen molar-refractivity contribution in [3.8, 4) is 11.5 Å². The maximum Gasteiger partial charge on any atom is 0.251 e. The number of fused-ring (bicyclic) bond motifs is 1. The molecule has 7 nitrogen and oxygen atoms in total. The number of methoxy groups -OCH3 is 1. The minimum absolute atomic E-state index is 0.0463.